The van der Waals surface area contributed by atoms with Crippen LogP contribution in [-0.2, 0) is 4.79 Å². The highest BCUT2D eigenvalue weighted by Gasteiger charge is 2.25. The van der Waals surface area contributed by atoms with Crippen molar-refractivity contribution in [3.63, 3.8) is 0 Å². The van der Waals surface area contributed by atoms with E-state index in [1.165, 1.54) is 38.5 Å². The fourth-order valence-corrected chi connectivity index (χ4v) is 3.25. The number of nitrogens with one attached hydrogen (secondary N) is 2. The molecule has 104 valence electrons. The second-order valence-corrected chi connectivity index (χ2v) is 6.42. The maximum atomic E-state index is 12.1. The van der Waals surface area contributed by atoms with Gasteiger partial charge in [0.05, 0.1) is 6.04 Å². The molecule has 1 aliphatic carbocycles. The van der Waals surface area contributed by atoms with Crippen molar-refractivity contribution in [3.05, 3.63) is 0 Å². The number of amides is 1. The maximum absolute atomic E-state index is 12.1. The number of piperidine rings is 1. The van der Waals surface area contributed by atoms with E-state index < -0.39 is 0 Å². The van der Waals surface area contributed by atoms with E-state index in [1.54, 1.807) is 0 Å². The van der Waals surface area contributed by atoms with Crippen LogP contribution >= 0.6 is 0 Å². The van der Waals surface area contributed by atoms with Crippen molar-refractivity contribution in [1.29, 1.82) is 0 Å². The third kappa shape index (κ3) is 3.98. The van der Waals surface area contributed by atoms with E-state index in [0.29, 0.717) is 12.0 Å². The molecule has 2 aliphatic rings. The quantitative estimate of drug-likeness (QED) is 0.810. The Morgan fingerprint density at radius 2 is 1.83 bits per heavy atom. The molecule has 2 atom stereocenters. The maximum Gasteiger partial charge on any atom is 0.237 e. The summed E-state index contributed by atoms with van der Waals surface area (Å²) in [5, 5.41) is 6.55. The highest BCUT2D eigenvalue weighted by molar-refractivity contribution is 5.81. The fraction of sp³-hybridized carbons (Fsp3) is 0.933. The standard InChI is InChI=1S/C15H28N2O/c1-11-6-8-13(9-7-11)10-16-15(18)14-5-3-4-12(2)17-14/h11-14,17H,3-10H2,1-2H3,(H,16,18). The molecule has 3 nitrogen and oxygen atoms in total. The van der Waals surface area contributed by atoms with Crippen LogP contribution < -0.4 is 10.6 Å². The monoisotopic (exact) mass is 252 g/mol. The number of carbonyl (C=O) groups is 1. The molecule has 0 radical (unpaired) electrons. The van der Waals surface area contributed by atoms with E-state index in [0.717, 1.165) is 18.9 Å². The molecule has 2 N–H and O–H groups in total. The largest absolute Gasteiger partial charge is 0.354 e. The van der Waals surface area contributed by atoms with E-state index in [2.05, 4.69) is 24.5 Å². The molecule has 1 saturated carbocycles. The molecule has 0 bridgehead atoms. The molecule has 1 saturated heterocycles. The minimum Gasteiger partial charge on any atom is -0.354 e. The molecule has 2 unspecified atom stereocenters. The third-order valence-electron chi connectivity index (χ3n) is 4.63. The topological polar surface area (TPSA) is 41.1 Å². The Kier molecular flexibility index (Phi) is 5.04. The van der Waals surface area contributed by atoms with Gasteiger partial charge in [-0.1, -0.05) is 19.8 Å². The summed E-state index contributed by atoms with van der Waals surface area (Å²) in [6.07, 6.45) is 8.61. The van der Waals surface area contributed by atoms with Crippen LogP contribution in [0.15, 0.2) is 0 Å². The van der Waals surface area contributed by atoms with E-state index >= 15 is 0 Å². The summed E-state index contributed by atoms with van der Waals surface area (Å²) in [5.74, 6) is 1.82. The van der Waals surface area contributed by atoms with Crippen molar-refractivity contribution < 1.29 is 4.79 Å². The van der Waals surface area contributed by atoms with Crippen molar-refractivity contribution in [3.8, 4) is 0 Å². The molecule has 0 aromatic carbocycles. The van der Waals surface area contributed by atoms with Crippen LogP contribution in [-0.4, -0.2) is 24.5 Å². The van der Waals surface area contributed by atoms with Crippen molar-refractivity contribution in [2.75, 3.05) is 6.54 Å². The first kappa shape index (κ1) is 13.9. The molecule has 18 heavy (non-hydrogen) atoms. The van der Waals surface area contributed by atoms with Crippen molar-refractivity contribution in [2.45, 2.75) is 70.9 Å². The molecule has 3 heteroatoms. The highest BCUT2D eigenvalue weighted by atomic mass is 16.2. The summed E-state index contributed by atoms with van der Waals surface area (Å²) in [7, 11) is 0. The van der Waals surface area contributed by atoms with Gasteiger partial charge in [-0.3, -0.25) is 4.79 Å². The first-order chi connectivity index (χ1) is 8.65. The molecule has 1 heterocycles. The van der Waals surface area contributed by atoms with Crippen LogP contribution in [0.1, 0.15) is 58.8 Å². The third-order valence-corrected chi connectivity index (χ3v) is 4.63. The van der Waals surface area contributed by atoms with Gasteiger partial charge in [-0.25, -0.2) is 0 Å². The van der Waals surface area contributed by atoms with E-state index in [1.807, 2.05) is 0 Å². The zero-order valence-corrected chi connectivity index (χ0v) is 11.9. The Morgan fingerprint density at radius 1 is 1.11 bits per heavy atom. The summed E-state index contributed by atoms with van der Waals surface area (Å²) >= 11 is 0. The Bertz CT molecular complexity index is 272. The molecule has 0 aromatic heterocycles. The molecule has 1 amide bonds. The smallest absolute Gasteiger partial charge is 0.237 e. The van der Waals surface area contributed by atoms with Crippen LogP contribution in [0.3, 0.4) is 0 Å². The average Bonchev–Trinajstić information content (AvgIpc) is 2.38. The second-order valence-electron chi connectivity index (χ2n) is 6.42. The summed E-state index contributed by atoms with van der Waals surface area (Å²) < 4.78 is 0. The van der Waals surface area contributed by atoms with Gasteiger partial charge in [0, 0.05) is 12.6 Å². The van der Waals surface area contributed by atoms with E-state index in [9.17, 15) is 4.79 Å². The SMILES string of the molecule is CC1CCC(CNC(=O)C2CCCC(C)N2)CC1. The number of rotatable bonds is 3. The molecule has 1 aliphatic heterocycles. The molecule has 2 rings (SSSR count). The first-order valence-electron chi connectivity index (χ1n) is 7.69. The molecule has 2 fully saturated rings. The van der Waals surface area contributed by atoms with Gasteiger partial charge in [-0.05, 0) is 50.9 Å². The fourth-order valence-electron chi connectivity index (χ4n) is 3.25. The zero-order valence-electron chi connectivity index (χ0n) is 11.9. The van der Waals surface area contributed by atoms with Crippen LogP contribution in [0.25, 0.3) is 0 Å². The van der Waals surface area contributed by atoms with Crippen molar-refractivity contribution >= 4 is 5.91 Å². The van der Waals surface area contributed by atoms with Crippen LogP contribution in [0.2, 0.25) is 0 Å². The summed E-state index contributed by atoms with van der Waals surface area (Å²) in [5.41, 5.74) is 0. The predicted molar refractivity (Wildman–Crippen MR) is 74.4 cm³/mol. The highest BCUT2D eigenvalue weighted by Crippen LogP contribution is 2.27. The summed E-state index contributed by atoms with van der Waals surface area (Å²) in [6.45, 7) is 5.39. The molecule has 0 spiro atoms. The second kappa shape index (κ2) is 6.55. The van der Waals surface area contributed by atoms with E-state index in [-0.39, 0.29) is 11.9 Å². The average molecular weight is 252 g/mol. The Hall–Kier alpha value is -0.570. The van der Waals surface area contributed by atoms with Gasteiger partial charge in [-0.15, -0.1) is 0 Å². The summed E-state index contributed by atoms with van der Waals surface area (Å²) in [4.78, 5) is 12.1. The molecular weight excluding hydrogens is 224 g/mol. The Labute approximate surface area is 111 Å². The Morgan fingerprint density at radius 3 is 2.50 bits per heavy atom. The van der Waals surface area contributed by atoms with E-state index in [4.69, 9.17) is 0 Å². The van der Waals surface area contributed by atoms with Crippen molar-refractivity contribution in [2.24, 2.45) is 11.8 Å². The van der Waals surface area contributed by atoms with Gasteiger partial charge in [0.25, 0.3) is 0 Å². The molecule has 0 aromatic rings. The lowest BCUT2D eigenvalue weighted by Crippen LogP contribution is -2.50. The van der Waals surface area contributed by atoms with Gasteiger partial charge < -0.3 is 10.6 Å². The molecular formula is C15H28N2O. The van der Waals surface area contributed by atoms with Crippen LogP contribution in [0, 0.1) is 11.8 Å². The lowest BCUT2D eigenvalue weighted by atomic mass is 9.83. The Balaban J connectivity index is 1.68. The number of hydrogen-bond acceptors (Lipinski definition) is 2. The summed E-state index contributed by atoms with van der Waals surface area (Å²) in [6, 6.07) is 0.543. The number of hydrogen-bond donors (Lipinski definition) is 2. The van der Waals surface area contributed by atoms with Gasteiger partial charge in [0.2, 0.25) is 5.91 Å². The predicted octanol–water partition coefficient (Wildman–Crippen LogP) is 2.46. The minimum absolute atomic E-state index is 0.0521. The van der Waals surface area contributed by atoms with Gasteiger partial charge in [0.1, 0.15) is 0 Å². The van der Waals surface area contributed by atoms with Gasteiger partial charge >= 0.3 is 0 Å². The van der Waals surface area contributed by atoms with Crippen LogP contribution in [0.5, 0.6) is 0 Å². The first-order valence-corrected chi connectivity index (χ1v) is 7.69. The minimum atomic E-state index is 0.0521. The van der Waals surface area contributed by atoms with Gasteiger partial charge in [0.15, 0.2) is 0 Å². The zero-order chi connectivity index (χ0) is 13.0. The lowest BCUT2D eigenvalue weighted by Gasteiger charge is -2.30. The van der Waals surface area contributed by atoms with Crippen LogP contribution in [0.4, 0.5) is 0 Å². The number of carbonyl (C=O) groups excluding carboxylic acids is 1. The van der Waals surface area contributed by atoms with Crippen molar-refractivity contribution in [1.82, 2.24) is 10.6 Å². The normalized spacial score (nSPS) is 37.2. The van der Waals surface area contributed by atoms with Gasteiger partial charge in [-0.2, -0.15) is 0 Å². The lowest BCUT2D eigenvalue weighted by molar-refractivity contribution is -0.124.